The van der Waals surface area contributed by atoms with Crippen molar-refractivity contribution >= 4 is 21.5 Å². The van der Waals surface area contributed by atoms with Gasteiger partial charge in [0.1, 0.15) is 17.3 Å². The van der Waals surface area contributed by atoms with Crippen LogP contribution in [-0.4, -0.2) is 20.5 Å². The quantitative estimate of drug-likeness (QED) is 0.659. The third kappa shape index (κ3) is 4.15. The molecule has 26 heavy (non-hydrogen) atoms. The van der Waals surface area contributed by atoms with Crippen LogP contribution in [0.2, 0.25) is 0 Å². The van der Waals surface area contributed by atoms with E-state index in [2.05, 4.69) is 15.0 Å². The molecular formula is C18H19N3O4S. The van der Waals surface area contributed by atoms with Gasteiger partial charge in [0.2, 0.25) is 0 Å². The van der Waals surface area contributed by atoms with E-state index < -0.39 is 10.0 Å². The van der Waals surface area contributed by atoms with Crippen molar-refractivity contribution in [2.24, 2.45) is 0 Å². The number of rotatable bonds is 7. The first-order valence-corrected chi connectivity index (χ1v) is 9.36. The molecule has 0 amide bonds. The Morgan fingerprint density at radius 3 is 2.65 bits per heavy atom. The molecule has 0 fully saturated rings. The fraction of sp³-hybridized carbons (Fsp3) is 0.167. The van der Waals surface area contributed by atoms with Gasteiger partial charge in [-0.05, 0) is 55.0 Å². The van der Waals surface area contributed by atoms with Gasteiger partial charge in [0.15, 0.2) is 0 Å². The van der Waals surface area contributed by atoms with E-state index in [1.54, 1.807) is 37.5 Å². The summed E-state index contributed by atoms with van der Waals surface area (Å²) in [7, 11) is -2.17. The van der Waals surface area contributed by atoms with Crippen LogP contribution in [0, 0.1) is 6.92 Å². The molecule has 136 valence electrons. The van der Waals surface area contributed by atoms with Crippen LogP contribution in [0.1, 0.15) is 11.3 Å². The molecule has 7 nitrogen and oxygen atoms in total. The van der Waals surface area contributed by atoms with Gasteiger partial charge in [-0.15, -0.1) is 0 Å². The molecule has 2 N–H and O–H groups in total. The number of furan rings is 1. The third-order valence-electron chi connectivity index (χ3n) is 3.71. The zero-order valence-electron chi connectivity index (χ0n) is 14.4. The van der Waals surface area contributed by atoms with Crippen LogP contribution in [-0.2, 0) is 16.6 Å². The van der Waals surface area contributed by atoms with E-state index in [-0.39, 0.29) is 4.90 Å². The van der Waals surface area contributed by atoms with E-state index in [0.29, 0.717) is 29.4 Å². The van der Waals surface area contributed by atoms with Crippen LogP contribution in [0.3, 0.4) is 0 Å². The van der Waals surface area contributed by atoms with E-state index in [4.69, 9.17) is 9.15 Å². The molecule has 0 saturated carbocycles. The zero-order chi connectivity index (χ0) is 18.6. The molecule has 2 aromatic heterocycles. The van der Waals surface area contributed by atoms with Gasteiger partial charge in [0.05, 0.1) is 36.7 Å². The van der Waals surface area contributed by atoms with Gasteiger partial charge < -0.3 is 14.5 Å². The van der Waals surface area contributed by atoms with Crippen molar-refractivity contribution in [3.63, 3.8) is 0 Å². The van der Waals surface area contributed by atoms with E-state index in [0.717, 1.165) is 5.76 Å². The highest BCUT2D eigenvalue weighted by molar-refractivity contribution is 7.92. The average Bonchev–Trinajstić information content (AvgIpc) is 3.14. The Labute approximate surface area is 152 Å². The lowest BCUT2D eigenvalue weighted by molar-refractivity contribution is 0.414. The van der Waals surface area contributed by atoms with Gasteiger partial charge in [-0.3, -0.25) is 4.72 Å². The molecule has 2 heterocycles. The number of aryl methyl sites for hydroxylation is 1. The molecule has 3 rings (SSSR count). The van der Waals surface area contributed by atoms with Crippen molar-refractivity contribution in [1.82, 2.24) is 4.98 Å². The molecule has 0 saturated heterocycles. The maximum atomic E-state index is 12.6. The van der Waals surface area contributed by atoms with E-state index in [9.17, 15) is 8.42 Å². The minimum Gasteiger partial charge on any atom is -0.497 e. The highest BCUT2D eigenvalue weighted by Gasteiger charge is 2.17. The molecule has 0 aliphatic rings. The van der Waals surface area contributed by atoms with E-state index >= 15 is 0 Å². The molecule has 0 unspecified atom stereocenters. The smallest absolute Gasteiger partial charge is 0.262 e. The van der Waals surface area contributed by atoms with Gasteiger partial charge >= 0.3 is 0 Å². The summed E-state index contributed by atoms with van der Waals surface area (Å²) in [6, 6.07) is 11.8. The summed E-state index contributed by atoms with van der Waals surface area (Å²) >= 11 is 0. The maximum absolute atomic E-state index is 12.6. The lowest BCUT2D eigenvalue weighted by atomic mass is 10.2. The normalized spacial score (nSPS) is 11.2. The van der Waals surface area contributed by atoms with Crippen molar-refractivity contribution in [2.75, 3.05) is 17.1 Å². The number of benzene rings is 1. The van der Waals surface area contributed by atoms with Crippen molar-refractivity contribution in [3.05, 3.63) is 66.2 Å². The van der Waals surface area contributed by atoms with Crippen LogP contribution in [0.4, 0.5) is 11.5 Å². The van der Waals surface area contributed by atoms with Crippen LogP contribution >= 0.6 is 0 Å². The number of methoxy groups -OCH3 is 1. The predicted molar refractivity (Wildman–Crippen MR) is 98.8 cm³/mol. The highest BCUT2D eigenvalue weighted by atomic mass is 32.2. The Kier molecular flexibility index (Phi) is 5.13. The van der Waals surface area contributed by atoms with Crippen molar-refractivity contribution in [1.29, 1.82) is 0 Å². The van der Waals surface area contributed by atoms with Crippen LogP contribution in [0.15, 0.2) is 64.2 Å². The number of hydrogen-bond acceptors (Lipinski definition) is 6. The number of nitrogens with one attached hydrogen (secondary N) is 2. The summed E-state index contributed by atoms with van der Waals surface area (Å²) in [5, 5.41) is 3.09. The fourth-order valence-electron chi connectivity index (χ4n) is 2.41. The van der Waals surface area contributed by atoms with Crippen LogP contribution in [0.5, 0.6) is 5.75 Å². The largest absolute Gasteiger partial charge is 0.497 e. The van der Waals surface area contributed by atoms with Gasteiger partial charge in [-0.2, -0.15) is 0 Å². The Bertz CT molecular complexity index is 968. The SMILES string of the molecule is COc1ccc(S(=O)(=O)Nc2ccc(NCc3ccco3)nc2)c(C)c1. The number of ether oxygens (including phenoxy) is 1. The molecule has 1 aromatic carbocycles. The number of anilines is 2. The minimum atomic E-state index is -3.71. The lowest BCUT2D eigenvalue weighted by Crippen LogP contribution is -2.14. The van der Waals surface area contributed by atoms with Crippen molar-refractivity contribution in [3.8, 4) is 5.75 Å². The van der Waals surface area contributed by atoms with E-state index in [1.807, 2.05) is 12.1 Å². The number of nitrogens with zero attached hydrogens (tertiary/aromatic N) is 1. The lowest BCUT2D eigenvalue weighted by Gasteiger charge is -2.12. The number of sulfonamides is 1. The minimum absolute atomic E-state index is 0.193. The first kappa shape index (κ1) is 17.8. The first-order valence-electron chi connectivity index (χ1n) is 7.88. The third-order valence-corrected chi connectivity index (χ3v) is 5.25. The summed E-state index contributed by atoms with van der Waals surface area (Å²) in [5.74, 6) is 2.01. The molecule has 0 atom stereocenters. The van der Waals surface area contributed by atoms with E-state index in [1.165, 1.54) is 19.4 Å². The Morgan fingerprint density at radius 2 is 2.04 bits per heavy atom. The molecule has 0 aliphatic heterocycles. The topological polar surface area (TPSA) is 93.5 Å². The molecular weight excluding hydrogens is 354 g/mol. The maximum Gasteiger partial charge on any atom is 0.262 e. The summed E-state index contributed by atoms with van der Waals surface area (Å²) in [6.45, 7) is 2.22. The summed E-state index contributed by atoms with van der Waals surface area (Å²) in [4.78, 5) is 4.40. The standard InChI is InChI=1S/C18H19N3O4S/c1-13-10-15(24-2)6-7-17(13)26(22,23)21-14-5-8-18(19-11-14)20-12-16-4-3-9-25-16/h3-11,21H,12H2,1-2H3,(H,19,20). The summed E-state index contributed by atoms with van der Waals surface area (Å²) < 4.78 is 38.0. The van der Waals surface area contributed by atoms with Crippen molar-refractivity contribution < 1.29 is 17.6 Å². The number of pyridine rings is 1. The molecule has 0 radical (unpaired) electrons. The van der Waals surface area contributed by atoms with Gasteiger partial charge in [-0.25, -0.2) is 13.4 Å². The summed E-state index contributed by atoms with van der Waals surface area (Å²) in [6.07, 6.45) is 3.06. The number of aromatic nitrogens is 1. The van der Waals surface area contributed by atoms with Gasteiger partial charge in [0.25, 0.3) is 10.0 Å². The Balaban J connectivity index is 1.69. The molecule has 0 spiro atoms. The molecule has 8 heteroatoms. The summed E-state index contributed by atoms with van der Waals surface area (Å²) in [5.41, 5.74) is 0.977. The second-order valence-electron chi connectivity index (χ2n) is 5.60. The predicted octanol–water partition coefficient (Wildman–Crippen LogP) is 3.40. The highest BCUT2D eigenvalue weighted by Crippen LogP contribution is 2.23. The Hall–Kier alpha value is -3.00. The fourth-order valence-corrected chi connectivity index (χ4v) is 3.68. The van der Waals surface area contributed by atoms with Gasteiger partial charge in [0, 0.05) is 0 Å². The number of hydrogen-bond donors (Lipinski definition) is 2. The van der Waals surface area contributed by atoms with Crippen LogP contribution in [0.25, 0.3) is 0 Å². The second-order valence-corrected chi connectivity index (χ2v) is 7.25. The first-order chi connectivity index (χ1) is 12.5. The Morgan fingerprint density at radius 1 is 1.19 bits per heavy atom. The molecule has 3 aromatic rings. The zero-order valence-corrected chi connectivity index (χ0v) is 15.2. The second kappa shape index (κ2) is 7.49. The van der Waals surface area contributed by atoms with Crippen molar-refractivity contribution in [2.45, 2.75) is 18.4 Å². The molecule has 0 bridgehead atoms. The average molecular weight is 373 g/mol. The van der Waals surface area contributed by atoms with Gasteiger partial charge in [-0.1, -0.05) is 0 Å². The molecule has 0 aliphatic carbocycles. The monoisotopic (exact) mass is 373 g/mol. The van der Waals surface area contributed by atoms with Crippen LogP contribution < -0.4 is 14.8 Å².